The molecule has 0 radical (unpaired) electrons. The summed E-state index contributed by atoms with van der Waals surface area (Å²) in [4.78, 5) is 0. The van der Waals surface area contributed by atoms with Crippen LogP contribution in [0.2, 0.25) is 0 Å². The minimum Gasteiger partial charge on any atom is -0.0648 e. The molecule has 2 saturated carbocycles. The van der Waals surface area contributed by atoms with Crippen LogP contribution in [0.4, 0.5) is 0 Å². The zero-order valence-corrected chi connectivity index (χ0v) is 6.65. The van der Waals surface area contributed by atoms with Gasteiger partial charge in [0.15, 0.2) is 0 Å². The smallest absolute Gasteiger partial charge is 0.0238 e. The molecule has 0 bridgehead atoms. The molecule has 52 valence electrons. The predicted molar refractivity (Wildman–Crippen MR) is 39.2 cm³/mol. The van der Waals surface area contributed by atoms with Gasteiger partial charge in [0.1, 0.15) is 0 Å². The van der Waals surface area contributed by atoms with Crippen molar-refractivity contribution in [3.05, 3.63) is 0 Å². The molecule has 0 heterocycles. The van der Waals surface area contributed by atoms with Gasteiger partial charge in [0, 0.05) is 0 Å². The van der Waals surface area contributed by atoms with E-state index >= 15 is 0 Å². The van der Waals surface area contributed by atoms with E-state index in [-0.39, 0.29) is 0 Å². The summed E-state index contributed by atoms with van der Waals surface area (Å²) in [5, 5.41) is 0. The highest BCUT2D eigenvalue weighted by Crippen LogP contribution is 2.75. The van der Waals surface area contributed by atoms with Gasteiger partial charge in [-0.3, -0.25) is 0 Å². The van der Waals surface area contributed by atoms with Gasteiger partial charge < -0.3 is 0 Å². The van der Waals surface area contributed by atoms with Crippen molar-refractivity contribution in [3.8, 4) is 0 Å². The fourth-order valence-corrected chi connectivity index (χ4v) is 3.07. The second-order valence-corrected chi connectivity index (χ2v) is 4.05. The van der Waals surface area contributed by atoms with Crippen molar-refractivity contribution in [1.82, 2.24) is 0 Å². The minimum absolute atomic E-state index is 0.861. The molecule has 0 heteroatoms. The minimum atomic E-state index is 0.861. The predicted octanol–water partition coefficient (Wildman–Crippen LogP) is 2.69. The van der Waals surface area contributed by atoms with Gasteiger partial charge in [-0.2, -0.15) is 0 Å². The molecule has 2 fully saturated rings. The van der Waals surface area contributed by atoms with Crippen molar-refractivity contribution in [2.75, 3.05) is 0 Å². The van der Waals surface area contributed by atoms with Gasteiger partial charge in [-0.25, -0.2) is 0 Å². The Morgan fingerprint density at radius 3 is 2.33 bits per heavy atom. The Labute approximate surface area is 57.6 Å². The molecule has 0 spiro atoms. The third-order valence-corrected chi connectivity index (χ3v) is 4.17. The van der Waals surface area contributed by atoms with E-state index < -0.39 is 0 Å². The van der Waals surface area contributed by atoms with Crippen LogP contribution in [-0.4, -0.2) is 0 Å². The zero-order chi connectivity index (χ0) is 6.65. The normalized spacial score (nSPS) is 62.3. The molecular weight excluding hydrogens is 108 g/mol. The third-order valence-electron chi connectivity index (χ3n) is 4.17. The molecule has 4 unspecified atom stereocenters. The van der Waals surface area contributed by atoms with Crippen LogP contribution in [0, 0.1) is 23.2 Å². The zero-order valence-electron chi connectivity index (χ0n) is 6.65. The van der Waals surface area contributed by atoms with Gasteiger partial charge >= 0.3 is 0 Å². The topological polar surface area (TPSA) is 0 Å². The number of hydrogen-bond acceptors (Lipinski definition) is 0. The summed E-state index contributed by atoms with van der Waals surface area (Å²) in [5.41, 5.74) is 0.861. The van der Waals surface area contributed by atoms with Crippen molar-refractivity contribution in [2.24, 2.45) is 23.2 Å². The Kier molecular flexibility index (Phi) is 0.868. The van der Waals surface area contributed by atoms with Crippen LogP contribution in [0.1, 0.15) is 33.6 Å². The Hall–Kier alpha value is 0. The summed E-state index contributed by atoms with van der Waals surface area (Å²) in [7, 11) is 0. The Balaban J connectivity index is 2.10. The van der Waals surface area contributed by atoms with E-state index in [2.05, 4.69) is 20.8 Å². The number of rotatable bonds is 1. The SMILES string of the molecule is CCC12CC1C(C)C2C. The third kappa shape index (κ3) is 0.426. The second-order valence-electron chi connectivity index (χ2n) is 4.05. The van der Waals surface area contributed by atoms with Crippen LogP contribution in [0.15, 0.2) is 0 Å². The molecule has 4 atom stereocenters. The van der Waals surface area contributed by atoms with Gasteiger partial charge in [0.25, 0.3) is 0 Å². The molecule has 0 amide bonds. The highest BCUT2D eigenvalue weighted by Gasteiger charge is 2.68. The van der Waals surface area contributed by atoms with Gasteiger partial charge in [-0.15, -0.1) is 0 Å². The molecule has 0 N–H and O–H groups in total. The van der Waals surface area contributed by atoms with Crippen molar-refractivity contribution < 1.29 is 0 Å². The lowest BCUT2D eigenvalue weighted by Crippen LogP contribution is -2.34. The highest BCUT2D eigenvalue weighted by molar-refractivity contribution is 5.16. The first-order valence-electron chi connectivity index (χ1n) is 4.22. The summed E-state index contributed by atoms with van der Waals surface area (Å²) in [5.74, 6) is 3.22. The van der Waals surface area contributed by atoms with Crippen LogP contribution < -0.4 is 0 Å². The summed E-state index contributed by atoms with van der Waals surface area (Å²) >= 11 is 0. The average molecular weight is 124 g/mol. The fourth-order valence-electron chi connectivity index (χ4n) is 3.07. The molecule has 0 nitrogen and oxygen atoms in total. The molecule has 0 aromatic rings. The van der Waals surface area contributed by atoms with Crippen LogP contribution in [0.5, 0.6) is 0 Å². The Morgan fingerprint density at radius 1 is 1.44 bits per heavy atom. The second kappa shape index (κ2) is 1.36. The lowest BCUT2D eigenvalue weighted by atomic mass is 9.65. The maximum Gasteiger partial charge on any atom is -0.0238 e. The van der Waals surface area contributed by atoms with E-state index in [4.69, 9.17) is 0 Å². The molecular formula is C9H16. The summed E-state index contributed by atoms with van der Waals surface area (Å²) in [6.45, 7) is 7.19. The van der Waals surface area contributed by atoms with Gasteiger partial charge in [0.05, 0.1) is 0 Å². The Bertz CT molecular complexity index is 139. The first kappa shape index (κ1) is 5.76. The summed E-state index contributed by atoms with van der Waals surface area (Å²) < 4.78 is 0. The number of hydrogen-bond donors (Lipinski definition) is 0. The monoisotopic (exact) mass is 124 g/mol. The maximum atomic E-state index is 2.43. The maximum absolute atomic E-state index is 2.43. The van der Waals surface area contributed by atoms with E-state index in [1.165, 1.54) is 6.42 Å². The molecule has 2 rings (SSSR count). The van der Waals surface area contributed by atoms with Crippen molar-refractivity contribution >= 4 is 0 Å². The molecule has 9 heavy (non-hydrogen) atoms. The molecule has 2 aliphatic carbocycles. The van der Waals surface area contributed by atoms with E-state index in [0.717, 1.165) is 23.2 Å². The van der Waals surface area contributed by atoms with Crippen molar-refractivity contribution in [1.29, 1.82) is 0 Å². The van der Waals surface area contributed by atoms with Crippen LogP contribution in [-0.2, 0) is 0 Å². The first-order valence-corrected chi connectivity index (χ1v) is 4.22. The highest BCUT2D eigenvalue weighted by atomic mass is 14.7. The molecule has 0 aromatic carbocycles. The quantitative estimate of drug-likeness (QED) is 0.504. The van der Waals surface area contributed by atoms with Crippen molar-refractivity contribution in [2.45, 2.75) is 33.6 Å². The molecule has 0 saturated heterocycles. The first-order chi connectivity index (χ1) is 4.22. The molecule has 0 aromatic heterocycles. The summed E-state index contributed by atoms with van der Waals surface area (Å²) in [6, 6.07) is 0. The largest absolute Gasteiger partial charge is 0.0648 e. The van der Waals surface area contributed by atoms with E-state index in [1.54, 1.807) is 6.42 Å². The standard InChI is InChI=1S/C9H16/c1-4-9-5-8(9)6(2)7(9)3/h6-8H,4-5H2,1-3H3. The number of fused-ring (bicyclic) bond motifs is 1. The molecule has 2 aliphatic rings. The lowest BCUT2D eigenvalue weighted by Gasteiger charge is -2.40. The van der Waals surface area contributed by atoms with Gasteiger partial charge in [0.2, 0.25) is 0 Å². The lowest BCUT2D eigenvalue weighted by molar-refractivity contribution is 0.0849. The van der Waals surface area contributed by atoms with Crippen LogP contribution in [0.25, 0.3) is 0 Å². The summed E-state index contributed by atoms with van der Waals surface area (Å²) in [6.07, 6.45) is 2.98. The Morgan fingerprint density at radius 2 is 2.11 bits per heavy atom. The van der Waals surface area contributed by atoms with Gasteiger partial charge in [-0.1, -0.05) is 20.8 Å². The van der Waals surface area contributed by atoms with Gasteiger partial charge in [-0.05, 0) is 36.0 Å². The van der Waals surface area contributed by atoms with E-state index in [9.17, 15) is 0 Å². The fraction of sp³-hybridized carbons (Fsp3) is 1.00. The average Bonchev–Trinajstić information content (AvgIpc) is 2.58. The molecule has 0 aliphatic heterocycles. The van der Waals surface area contributed by atoms with Crippen LogP contribution >= 0.6 is 0 Å². The van der Waals surface area contributed by atoms with Crippen LogP contribution in [0.3, 0.4) is 0 Å². The van der Waals surface area contributed by atoms with Crippen molar-refractivity contribution in [3.63, 3.8) is 0 Å². The van der Waals surface area contributed by atoms with E-state index in [1.807, 2.05) is 0 Å². The van der Waals surface area contributed by atoms with E-state index in [0.29, 0.717) is 0 Å².